The van der Waals surface area contributed by atoms with Crippen LogP contribution in [0.15, 0.2) is 48.5 Å². The number of hydrogen-bond donors (Lipinski definition) is 1. The zero-order chi connectivity index (χ0) is 22.5. The standard InChI is InChI=1S/C25H34N4O3/c1-19-16-29(17-20(2)32-19)23-6-4-21(5-7-23)26-25(30)18-27-12-14-28(15-13-27)22-8-10-24(31-3)11-9-22/h4-11,19-20H,12-18H2,1-3H3,(H,26,30). The number of nitrogens with one attached hydrogen (secondary N) is 1. The molecular formula is C25H34N4O3. The highest BCUT2D eigenvalue weighted by atomic mass is 16.5. The van der Waals surface area contributed by atoms with Crippen molar-refractivity contribution in [2.45, 2.75) is 26.1 Å². The second-order valence-electron chi connectivity index (χ2n) is 8.72. The Labute approximate surface area is 190 Å². The molecule has 172 valence electrons. The van der Waals surface area contributed by atoms with Crippen molar-refractivity contribution in [3.63, 3.8) is 0 Å². The summed E-state index contributed by atoms with van der Waals surface area (Å²) in [5.74, 6) is 0.899. The highest BCUT2D eigenvalue weighted by molar-refractivity contribution is 5.92. The van der Waals surface area contributed by atoms with E-state index in [4.69, 9.17) is 9.47 Å². The van der Waals surface area contributed by atoms with E-state index in [0.29, 0.717) is 6.54 Å². The molecule has 0 bridgehead atoms. The molecule has 2 aromatic carbocycles. The van der Waals surface area contributed by atoms with Gasteiger partial charge in [-0.05, 0) is 62.4 Å². The molecule has 4 rings (SSSR count). The number of rotatable bonds is 6. The van der Waals surface area contributed by atoms with Gasteiger partial charge in [0.2, 0.25) is 5.91 Å². The summed E-state index contributed by atoms with van der Waals surface area (Å²) in [5.41, 5.74) is 3.20. The molecule has 7 heteroatoms. The van der Waals surface area contributed by atoms with Crippen LogP contribution in [0.2, 0.25) is 0 Å². The van der Waals surface area contributed by atoms with Crippen LogP contribution in [0.25, 0.3) is 0 Å². The summed E-state index contributed by atoms with van der Waals surface area (Å²) in [7, 11) is 1.68. The number of carbonyl (C=O) groups is 1. The molecule has 2 saturated heterocycles. The van der Waals surface area contributed by atoms with E-state index < -0.39 is 0 Å². The van der Waals surface area contributed by atoms with Gasteiger partial charge in [0.15, 0.2) is 0 Å². The van der Waals surface area contributed by atoms with Gasteiger partial charge < -0.3 is 24.6 Å². The third-order valence-corrected chi connectivity index (χ3v) is 6.11. The molecule has 1 N–H and O–H groups in total. The van der Waals surface area contributed by atoms with Gasteiger partial charge in [0, 0.05) is 56.3 Å². The lowest BCUT2D eigenvalue weighted by molar-refractivity contribution is -0.117. The van der Waals surface area contributed by atoms with Gasteiger partial charge in [0.25, 0.3) is 0 Å². The predicted octanol–water partition coefficient (Wildman–Crippen LogP) is 3.07. The van der Waals surface area contributed by atoms with Crippen molar-refractivity contribution in [3.8, 4) is 5.75 Å². The number of methoxy groups -OCH3 is 1. The number of ether oxygens (including phenoxy) is 2. The number of anilines is 3. The van der Waals surface area contributed by atoms with E-state index in [2.05, 4.69) is 58.1 Å². The number of benzene rings is 2. The number of nitrogens with zero attached hydrogens (tertiary/aromatic N) is 3. The van der Waals surface area contributed by atoms with Crippen LogP contribution < -0.4 is 19.9 Å². The number of carbonyl (C=O) groups excluding carboxylic acids is 1. The third-order valence-electron chi connectivity index (χ3n) is 6.11. The van der Waals surface area contributed by atoms with Crippen LogP contribution in [0, 0.1) is 0 Å². The minimum absolute atomic E-state index is 0.0317. The van der Waals surface area contributed by atoms with Gasteiger partial charge in [-0.1, -0.05) is 0 Å². The first-order valence-electron chi connectivity index (χ1n) is 11.4. The van der Waals surface area contributed by atoms with Crippen LogP contribution in [0.4, 0.5) is 17.1 Å². The molecule has 0 aliphatic carbocycles. The topological polar surface area (TPSA) is 57.3 Å². The fourth-order valence-corrected chi connectivity index (χ4v) is 4.51. The van der Waals surface area contributed by atoms with E-state index in [1.165, 1.54) is 11.4 Å². The maximum absolute atomic E-state index is 12.6. The monoisotopic (exact) mass is 438 g/mol. The van der Waals surface area contributed by atoms with Crippen LogP contribution in [0.1, 0.15) is 13.8 Å². The van der Waals surface area contributed by atoms with E-state index >= 15 is 0 Å². The summed E-state index contributed by atoms with van der Waals surface area (Å²) < 4.78 is 11.0. The molecule has 32 heavy (non-hydrogen) atoms. The Kier molecular flexibility index (Phi) is 7.17. The average Bonchev–Trinajstić information content (AvgIpc) is 2.79. The van der Waals surface area contributed by atoms with Gasteiger partial charge in [-0.15, -0.1) is 0 Å². The van der Waals surface area contributed by atoms with Crippen LogP contribution in [0.5, 0.6) is 5.75 Å². The normalized spacial score (nSPS) is 22.0. The lowest BCUT2D eigenvalue weighted by Gasteiger charge is -2.37. The molecule has 2 aliphatic heterocycles. The number of morpholine rings is 1. The predicted molar refractivity (Wildman–Crippen MR) is 129 cm³/mol. The molecule has 2 heterocycles. The lowest BCUT2D eigenvalue weighted by atomic mass is 10.2. The molecule has 1 amide bonds. The van der Waals surface area contributed by atoms with E-state index in [1.54, 1.807) is 7.11 Å². The third kappa shape index (κ3) is 5.72. The van der Waals surface area contributed by atoms with Crippen molar-refractivity contribution >= 4 is 23.0 Å². The van der Waals surface area contributed by atoms with Crippen LogP contribution in [-0.4, -0.2) is 75.9 Å². The number of piperazine rings is 1. The lowest BCUT2D eigenvalue weighted by Crippen LogP contribution is -2.48. The van der Waals surface area contributed by atoms with E-state index in [9.17, 15) is 4.79 Å². The van der Waals surface area contributed by atoms with Gasteiger partial charge in [-0.25, -0.2) is 0 Å². The molecule has 2 fully saturated rings. The zero-order valence-electron chi connectivity index (χ0n) is 19.3. The number of hydrogen-bond acceptors (Lipinski definition) is 6. The van der Waals surface area contributed by atoms with E-state index in [0.717, 1.165) is 50.7 Å². The summed E-state index contributed by atoms with van der Waals surface area (Å²) in [6, 6.07) is 16.3. The summed E-state index contributed by atoms with van der Waals surface area (Å²) in [6.45, 7) is 9.95. The first-order valence-corrected chi connectivity index (χ1v) is 11.4. The second kappa shape index (κ2) is 10.2. The quantitative estimate of drug-likeness (QED) is 0.748. The Balaban J connectivity index is 1.23. The minimum atomic E-state index is 0.0317. The summed E-state index contributed by atoms with van der Waals surface area (Å²) >= 11 is 0. The Morgan fingerprint density at radius 1 is 0.906 bits per heavy atom. The molecule has 0 radical (unpaired) electrons. The van der Waals surface area contributed by atoms with Gasteiger partial charge in [0.05, 0.1) is 25.9 Å². The van der Waals surface area contributed by atoms with Crippen molar-refractivity contribution in [1.82, 2.24) is 4.90 Å². The Hall–Kier alpha value is -2.77. The minimum Gasteiger partial charge on any atom is -0.497 e. The highest BCUT2D eigenvalue weighted by Crippen LogP contribution is 2.23. The van der Waals surface area contributed by atoms with Crippen molar-refractivity contribution in [1.29, 1.82) is 0 Å². The maximum Gasteiger partial charge on any atom is 0.238 e. The molecular weight excluding hydrogens is 404 g/mol. The van der Waals surface area contributed by atoms with Crippen molar-refractivity contribution in [3.05, 3.63) is 48.5 Å². The average molecular weight is 439 g/mol. The Morgan fingerprint density at radius 2 is 1.47 bits per heavy atom. The second-order valence-corrected chi connectivity index (χ2v) is 8.72. The van der Waals surface area contributed by atoms with Gasteiger partial charge >= 0.3 is 0 Å². The summed E-state index contributed by atoms with van der Waals surface area (Å²) in [4.78, 5) is 19.5. The van der Waals surface area contributed by atoms with Crippen molar-refractivity contribution < 1.29 is 14.3 Å². The molecule has 0 spiro atoms. The van der Waals surface area contributed by atoms with Gasteiger partial charge in [0.1, 0.15) is 5.75 Å². The van der Waals surface area contributed by atoms with Crippen LogP contribution in [-0.2, 0) is 9.53 Å². The molecule has 2 aromatic rings. The highest BCUT2D eigenvalue weighted by Gasteiger charge is 2.23. The van der Waals surface area contributed by atoms with Crippen LogP contribution in [0.3, 0.4) is 0 Å². The summed E-state index contributed by atoms with van der Waals surface area (Å²) in [5, 5.41) is 3.04. The molecule has 2 atom stereocenters. The van der Waals surface area contributed by atoms with Crippen molar-refractivity contribution in [2.24, 2.45) is 0 Å². The first kappa shape index (κ1) is 22.4. The SMILES string of the molecule is COc1ccc(N2CCN(CC(=O)Nc3ccc(N4CC(C)OC(C)C4)cc3)CC2)cc1. The van der Waals surface area contributed by atoms with Crippen LogP contribution >= 0.6 is 0 Å². The van der Waals surface area contributed by atoms with Gasteiger partial charge in [-0.3, -0.25) is 9.69 Å². The van der Waals surface area contributed by atoms with E-state index in [-0.39, 0.29) is 18.1 Å². The van der Waals surface area contributed by atoms with E-state index in [1.807, 2.05) is 24.3 Å². The van der Waals surface area contributed by atoms with Gasteiger partial charge in [-0.2, -0.15) is 0 Å². The zero-order valence-corrected chi connectivity index (χ0v) is 19.3. The molecule has 0 aromatic heterocycles. The first-order chi connectivity index (χ1) is 15.5. The Morgan fingerprint density at radius 3 is 2.06 bits per heavy atom. The smallest absolute Gasteiger partial charge is 0.238 e. The maximum atomic E-state index is 12.6. The fourth-order valence-electron chi connectivity index (χ4n) is 4.51. The largest absolute Gasteiger partial charge is 0.497 e. The molecule has 2 aliphatic rings. The van der Waals surface area contributed by atoms with Crippen molar-refractivity contribution in [2.75, 3.05) is 68.0 Å². The summed E-state index contributed by atoms with van der Waals surface area (Å²) in [6.07, 6.45) is 0.451. The number of amides is 1. The fraction of sp³-hybridized carbons (Fsp3) is 0.480. The Bertz CT molecular complexity index is 869. The molecule has 0 saturated carbocycles. The molecule has 2 unspecified atom stereocenters. The molecule has 7 nitrogen and oxygen atoms in total.